The van der Waals surface area contributed by atoms with Crippen LogP contribution < -0.4 is 10.1 Å². The Morgan fingerprint density at radius 3 is 2.52 bits per heavy atom. The van der Waals surface area contributed by atoms with Gasteiger partial charge in [0.25, 0.3) is 5.91 Å². The predicted molar refractivity (Wildman–Crippen MR) is 110 cm³/mol. The van der Waals surface area contributed by atoms with Gasteiger partial charge in [-0.15, -0.1) is 0 Å². The van der Waals surface area contributed by atoms with Gasteiger partial charge < -0.3 is 15.2 Å². The molecule has 2 N–H and O–H groups in total. The van der Waals surface area contributed by atoms with E-state index in [-0.39, 0.29) is 24.8 Å². The van der Waals surface area contributed by atoms with Crippen LogP contribution in [0.5, 0.6) is 5.75 Å². The van der Waals surface area contributed by atoms with Crippen LogP contribution in [0.2, 0.25) is 0 Å². The summed E-state index contributed by atoms with van der Waals surface area (Å²) in [7, 11) is 0. The van der Waals surface area contributed by atoms with Crippen LogP contribution >= 0.6 is 0 Å². The van der Waals surface area contributed by atoms with Crippen LogP contribution in [0.3, 0.4) is 0 Å². The Kier molecular flexibility index (Phi) is 5.14. The molecular weight excluding hydrogens is 366 g/mol. The maximum Gasteiger partial charge on any atom is 0.251 e. The number of carbonyl (C=O) groups is 2. The molecule has 0 fully saturated rings. The van der Waals surface area contributed by atoms with Crippen molar-refractivity contribution in [3.8, 4) is 16.9 Å². The van der Waals surface area contributed by atoms with E-state index in [0.717, 1.165) is 16.7 Å². The van der Waals surface area contributed by atoms with Gasteiger partial charge in [-0.3, -0.25) is 9.59 Å². The number of ketones is 1. The first-order chi connectivity index (χ1) is 14.0. The zero-order valence-electron chi connectivity index (χ0n) is 16.0. The highest BCUT2D eigenvalue weighted by atomic mass is 16.5. The number of carbonyl (C=O) groups excluding carboxylic acids is 2. The van der Waals surface area contributed by atoms with E-state index in [1.807, 2.05) is 49.4 Å². The fourth-order valence-corrected chi connectivity index (χ4v) is 3.44. The Hall–Kier alpha value is -3.44. The predicted octanol–water partition coefficient (Wildman–Crippen LogP) is 3.38. The number of ether oxygens (including phenoxy) is 1. The van der Waals surface area contributed by atoms with E-state index in [0.29, 0.717) is 22.4 Å². The number of rotatable bonds is 6. The van der Waals surface area contributed by atoms with Gasteiger partial charge in [0, 0.05) is 23.2 Å². The molecule has 0 radical (unpaired) electrons. The summed E-state index contributed by atoms with van der Waals surface area (Å²) in [6.07, 6.45) is -0.847. The van der Waals surface area contributed by atoms with Gasteiger partial charge in [-0.25, -0.2) is 0 Å². The monoisotopic (exact) mass is 387 g/mol. The first kappa shape index (κ1) is 18.9. The summed E-state index contributed by atoms with van der Waals surface area (Å²) in [5.74, 6) is 0.259. The second-order valence-corrected chi connectivity index (χ2v) is 7.13. The summed E-state index contributed by atoms with van der Waals surface area (Å²) < 4.78 is 5.55. The fourth-order valence-electron chi connectivity index (χ4n) is 3.44. The number of hydrogen-bond acceptors (Lipinski definition) is 4. The van der Waals surface area contributed by atoms with Crippen molar-refractivity contribution in [1.82, 2.24) is 5.32 Å². The molecule has 3 aromatic rings. The Labute approximate surface area is 169 Å². The molecule has 1 atom stereocenters. The Morgan fingerprint density at radius 2 is 1.72 bits per heavy atom. The summed E-state index contributed by atoms with van der Waals surface area (Å²) in [6, 6.07) is 20.1. The third-order valence-electron chi connectivity index (χ3n) is 4.92. The fraction of sp³-hybridized carbons (Fsp3) is 0.167. The number of aryl methyl sites for hydroxylation is 1. The van der Waals surface area contributed by atoms with E-state index in [1.54, 1.807) is 24.3 Å². The summed E-state index contributed by atoms with van der Waals surface area (Å²) >= 11 is 0. The normalized spacial score (nSPS) is 12.8. The van der Waals surface area contributed by atoms with Gasteiger partial charge in [-0.2, -0.15) is 0 Å². The first-order valence-corrected chi connectivity index (χ1v) is 9.47. The first-order valence-electron chi connectivity index (χ1n) is 9.47. The third-order valence-corrected chi connectivity index (χ3v) is 4.92. The average molecular weight is 387 g/mol. The molecule has 0 saturated carbocycles. The van der Waals surface area contributed by atoms with Crippen LogP contribution in [0, 0.1) is 6.92 Å². The highest BCUT2D eigenvalue weighted by Gasteiger charge is 2.27. The maximum absolute atomic E-state index is 12.6. The molecule has 0 bridgehead atoms. The van der Waals surface area contributed by atoms with Crippen LogP contribution in [0.4, 0.5) is 0 Å². The largest absolute Gasteiger partial charge is 0.491 e. The molecule has 4 rings (SSSR count). The lowest BCUT2D eigenvalue weighted by Gasteiger charge is -2.14. The minimum Gasteiger partial charge on any atom is -0.491 e. The van der Waals surface area contributed by atoms with Crippen molar-refractivity contribution in [2.24, 2.45) is 0 Å². The van der Waals surface area contributed by atoms with Crippen molar-refractivity contribution in [2.75, 3.05) is 13.2 Å². The van der Waals surface area contributed by atoms with E-state index in [1.165, 1.54) is 0 Å². The highest BCUT2D eigenvalue weighted by Crippen LogP contribution is 2.36. The lowest BCUT2D eigenvalue weighted by atomic mass is 10.0. The van der Waals surface area contributed by atoms with E-state index in [9.17, 15) is 14.7 Å². The average Bonchev–Trinajstić information content (AvgIpc) is 3.02. The molecule has 1 aliphatic rings. The molecule has 0 aliphatic heterocycles. The number of nitrogens with one attached hydrogen (secondary N) is 1. The number of hydrogen-bond donors (Lipinski definition) is 2. The van der Waals surface area contributed by atoms with Gasteiger partial charge in [-0.05, 0) is 47.9 Å². The molecule has 5 nitrogen and oxygen atoms in total. The Balaban J connectivity index is 1.36. The molecule has 1 amide bonds. The molecule has 0 aromatic heterocycles. The molecule has 0 saturated heterocycles. The molecule has 5 heteroatoms. The summed E-state index contributed by atoms with van der Waals surface area (Å²) in [5, 5.41) is 12.8. The minimum atomic E-state index is -0.847. The Morgan fingerprint density at radius 1 is 0.966 bits per heavy atom. The lowest BCUT2D eigenvalue weighted by molar-refractivity contribution is 0.0843. The summed E-state index contributed by atoms with van der Waals surface area (Å²) in [4.78, 5) is 25.1. The van der Waals surface area contributed by atoms with Crippen LogP contribution in [0.15, 0.2) is 66.7 Å². The van der Waals surface area contributed by atoms with E-state index in [4.69, 9.17) is 4.74 Å². The molecule has 0 heterocycles. The number of fused-ring (bicyclic) bond motifs is 3. The van der Waals surface area contributed by atoms with Gasteiger partial charge in [-0.1, -0.05) is 42.5 Å². The van der Waals surface area contributed by atoms with Gasteiger partial charge in [0.1, 0.15) is 18.5 Å². The van der Waals surface area contributed by atoms with Crippen LogP contribution in [0.1, 0.15) is 31.8 Å². The van der Waals surface area contributed by atoms with E-state index < -0.39 is 6.10 Å². The molecule has 0 spiro atoms. The number of aliphatic hydroxyl groups is 1. The van der Waals surface area contributed by atoms with Crippen molar-refractivity contribution in [2.45, 2.75) is 13.0 Å². The zero-order chi connectivity index (χ0) is 20.4. The topological polar surface area (TPSA) is 75.6 Å². The molecule has 3 aromatic carbocycles. The maximum atomic E-state index is 12.6. The third kappa shape index (κ3) is 3.91. The van der Waals surface area contributed by atoms with Crippen LogP contribution in [-0.4, -0.2) is 36.1 Å². The van der Waals surface area contributed by atoms with Gasteiger partial charge in [0.05, 0.1) is 0 Å². The molecule has 146 valence electrons. The standard InChI is InChI=1S/C24H21NO4/c1-15-5-4-6-18(11-15)29-14-17(26)13-25-24(28)16-9-10-20-19-7-2-3-8-21(19)23(27)22(20)12-16/h2-12,17,26H,13-14H2,1H3,(H,25,28). The van der Waals surface area contributed by atoms with Crippen molar-refractivity contribution in [1.29, 1.82) is 0 Å². The summed E-state index contributed by atoms with van der Waals surface area (Å²) in [6.45, 7) is 2.08. The van der Waals surface area contributed by atoms with Crippen molar-refractivity contribution < 1.29 is 19.4 Å². The minimum absolute atomic E-state index is 0.0515. The van der Waals surface area contributed by atoms with Gasteiger partial charge in [0.2, 0.25) is 0 Å². The van der Waals surface area contributed by atoms with Crippen LogP contribution in [0.25, 0.3) is 11.1 Å². The van der Waals surface area contributed by atoms with Crippen molar-refractivity contribution in [3.05, 3.63) is 89.0 Å². The highest BCUT2D eigenvalue weighted by molar-refractivity contribution is 6.22. The van der Waals surface area contributed by atoms with Gasteiger partial charge >= 0.3 is 0 Å². The second-order valence-electron chi connectivity index (χ2n) is 7.13. The molecular formula is C24H21NO4. The van der Waals surface area contributed by atoms with E-state index >= 15 is 0 Å². The number of benzene rings is 3. The van der Waals surface area contributed by atoms with Crippen molar-refractivity contribution in [3.63, 3.8) is 0 Å². The lowest BCUT2D eigenvalue weighted by Crippen LogP contribution is -2.35. The van der Waals surface area contributed by atoms with E-state index in [2.05, 4.69) is 5.32 Å². The molecule has 1 aliphatic carbocycles. The zero-order valence-corrected chi connectivity index (χ0v) is 16.0. The Bertz CT molecular complexity index is 1090. The SMILES string of the molecule is Cc1cccc(OCC(O)CNC(=O)c2ccc3c(c2)C(=O)c2ccccc2-3)c1. The quantitative estimate of drug-likeness (QED) is 0.532. The number of amides is 1. The summed E-state index contributed by atoms with van der Waals surface area (Å²) in [5.41, 5.74) is 4.37. The second kappa shape index (κ2) is 7.89. The smallest absolute Gasteiger partial charge is 0.251 e. The molecule has 1 unspecified atom stereocenters. The van der Waals surface area contributed by atoms with Gasteiger partial charge in [0.15, 0.2) is 5.78 Å². The van der Waals surface area contributed by atoms with Crippen molar-refractivity contribution >= 4 is 11.7 Å². The number of aliphatic hydroxyl groups excluding tert-OH is 1. The van der Waals surface area contributed by atoms with Crippen LogP contribution in [-0.2, 0) is 0 Å². The molecule has 29 heavy (non-hydrogen) atoms.